The van der Waals surface area contributed by atoms with Crippen molar-refractivity contribution in [3.05, 3.63) is 29.3 Å². The number of hydrogen-bond acceptors (Lipinski definition) is 3. The van der Waals surface area contributed by atoms with E-state index >= 15 is 0 Å². The molecule has 0 aliphatic carbocycles. The topological polar surface area (TPSA) is 61.4 Å². The van der Waals surface area contributed by atoms with E-state index in [9.17, 15) is 9.59 Å². The third kappa shape index (κ3) is 4.56. The van der Waals surface area contributed by atoms with Gasteiger partial charge < -0.3 is 5.32 Å². The Morgan fingerprint density at radius 1 is 1.14 bits per heavy atom. The molecule has 3 amide bonds. The molecule has 21 heavy (non-hydrogen) atoms. The maximum atomic E-state index is 11.9. The van der Waals surface area contributed by atoms with Crippen molar-refractivity contribution in [1.82, 2.24) is 10.2 Å². The molecule has 0 radical (unpaired) electrons. The normalized spacial score (nSPS) is 15.5. The van der Waals surface area contributed by atoms with Gasteiger partial charge in [-0.05, 0) is 57.0 Å². The predicted octanol–water partition coefficient (Wildman–Crippen LogP) is 2.44. The molecule has 1 fully saturated rings. The average Bonchev–Trinajstić information content (AvgIpc) is 2.44. The fourth-order valence-corrected chi connectivity index (χ4v) is 2.53. The molecule has 1 heterocycles. The van der Waals surface area contributed by atoms with Crippen LogP contribution < -0.4 is 10.6 Å². The van der Waals surface area contributed by atoms with Crippen molar-refractivity contribution < 1.29 is 9.59 Å². The third-order valence-corrected chi connectivity index (χ3v) is 3.92. The summed E-state index contributed by atoms with van der Waals surface area (Å²) in [7, 11) is 0. The Balaban J connectivity index is 1.83. The highest BCUT2D eigenvalue weighted by Crippen LogP contribution is 2.17. The molecular weight excluding hydrogens is 266 g/mol. The van der Waals surface area contributed by atoms with Crippen molar-refractivity contribution in [2.75, 3.05) is 25.0 Å². The zero-order valence-electron chi connectivity index (χ0n) is 12.7. The van der Waals surface area contributed by atoms with Crippen molar-refractivity contribution in [3.8, 4) is 0 Å². The van der Waals surface area contributed by atoms with Gasteiger partial charge in [-0.2, -0.15) is 0 Å². The number of nitrogens with one attached hydrogen (secondary N) is 2. The molecule has 0 unspecified atom stereocenters. The van der Waals surface area contributed by atoms with Crippen molar-refractivity contribution in [3.63, 3.8) is 0 Å². The number of amides is 3. The van der Waals surface area contributed by atoms with E-state index in [2.05, 4.69) is 15.5 Å². The first-order valence-electron chi connectivity index (χ1n) is 7.45. The van der Waals surface area contributed by atoms with Crippen molar-refractivity contribution in [2.24, 2.45) is 0 Å². The van der Waals surface area contributed by atoms with Crippen LogP contribution in [0.5, 0.6) is 0 Å². The van der Waals surface area contributed by atoms with E-state index in [1.54, 1.807) is 0 Å². The molecule has 114 valence electrons. The number of rotatable bonds is 3. The summed E-state index contributed by atoms with van der Waals surface area (Å²) < 4.78 is 0. The van der Waals surface area contributed by atoms with E-state index in [4.69, 9.17) is 0 Å². The summed E-state index contributed by atoms with van der Waals surface area (Å²) in [4.78, 5) is 25.8. The van der Waals surface area contributed by atoms with Crippen LogP contribution in [0.1, 0.15) is 30.4 Å². The maximum Gasteiger partial charge on any atom is 0.325 e. The highest BCUT2D eigenvalue weighted by atomic mass is 16.2. The molecule has 2 rings (SSSR count). The van der Waals surface area contributed by atoms with Gasteiger partial charge in [0.2, 0.25) is 5.91 Å². The SMILES string of the molecule is Cc1cccc(NC(=O)NC(=O)CN2CCCCC2)c1C. The van der Waals surface area contributed by atoms with Crippen LogP contribution in [0.4, 0.5) is 10.5 Å². The van der Waals surface area contributed by atoms with Gasteiger partial charge >= 0.3 is 6.03 Å². The van der Waals surface area contributed by atoms with E-state index in [1.165, 1.54) is 6.42 Å². The summed E-state index contributed by atoms with van der Waals surface area (Å²) >= 11 is 0. The lowest BCUT2D eigenvalue weighted by molar-refractivity contribution is -0.121. The van der Waals surface area contributed by atoms with Gasteiger partial charge in [0.25, 0.3) is 0 Å². The summed E-state index contributed by atoms with van der Waals surface area (Å²) in [5.41, 5.74) is 2.85. The van der Waals surface area contributed by atoms with Crippen LogP contribution in [0.15, 0.2) is 18.2 Å². The molecule has 0 spiro atoms. The Morgan fingerprint density at radius 2 is 1.86 bits per heavy atom. The van der Waals surface area contributed by atoms with Crippen LogP contribution in [0, 0.1) is 13.8 Å². The summed E-state index contributed by atoms with van der Waals surface area (Å²) in [5.74, 6) is -0.250. The maximum absolute atomic E-state index is 11.9. The Morgan fingerprint density at radius 3 is 2.57 bits per heavy atom. The molecule has 0 aromatic heterocycles. The average molecular weight is 289 g/mol. The lowest BCUT2D eigenvalue weighted by Crippen LogP contribution is -2.43. The number of carbonyl (C=O) groups excluding carboxylic acids is 2. The van der Waals surface area contributed by atoms with Gasteiger partial charge in [-0.3, -0.25) is 15.0 Å². The Hall–Kier alpha value is -1.88. The van der Waals surface area contributed by atoms with Gasteiger partial charge in [-0.25, -0.2) is 4.79 Å². The first kappa shape index (κ1) is 15.5. The van der Waals surface area contributed by atoms with Crippen molar-refractivity contribution in [2.45, 2.75) is 33.1 Å². The highest BCUT2D eigenvalue weighted by molar-refractivity contribution is 6.02. The van der Waals surface area contributed by atoms with Crippen LogP contribution in [0.3, 0.4) is 0 Å². The van der Waals surface area contributed by atoms with Crippen LogP contribution in [0.2, 0.25) is 0 Å². The van der Waals surface area contributed by atoms with Crippen molar-refractivity contribution in [1.29, 1.82) is 0 Å². The number of anilines is 1. The van der Waals surface area contributed by atoms with Crippen LogP contribution in [-0.4, -0.2) is 36.5 Å². The Kier molecular flexibility index (Phi) is 5.33. The highest BCUT2D eigenvalue weighted by Gasteiger charge is 2.15. The standard InChI is InChI=1S/C16H23N3O2/c1-12-7-6-8-14(13(12)2)17-16(21)18-15(20)11-19-9-4-3-5-10-19/h6-8H,3-5,9-11H2,1-2H3,(H2,17,18,20,21). The summed E-state index contributed by atoms with van der Waals surface area (Å²) in [6, 6.07) is 5.23. The zero-order chi connectivity index (χ0) is 15.2. The second kappa shape index (κ2) is 7.22. The van der Waals surface area contributed by atoms with Crippen LogP contribution in [-0.2, 0) is 4.79 Å². The monoisotopic (exact) mass is 289 g/mol. The lowest BCUT2D eigenvalue weighted by Gasteiger charge is -2.25. The second-order valence-electron chi connectivity index (χ2n) is 5.59. The Labute approximate surface area is 125 Å². The number of hydrogen-bond donors (Lipinski definition) is 2. The molecule has 5 heteroatoms. The molecule has 0 atom stereocenters. The Bertz CT molecular complexity index is 522. The summed E-state index contributed by atoms with van der Waals surface area (Å²) in [6.45, 7) is 6.10. The molecule has 1 aliphatic rings. The number of imide groups is 1. The largest absolute Gasteiger partial charge is 0.325 e. The minimum absolute atomic E-state index is 0.250. The molecule has 5 nitrogen and oxygen atoms in total. The number of aryl methyl sites for hydroxylation is 1. The summed E-state index contributed by atoms with van der Waals surface area (Å²) in [5, 5.41) is 5.12. The smallest absolute Gasteiger partial charge is 0.307 e. The molecular formula is C16H23N3O2. The fourth-order valence-electron chi connectivity index (χ4n) is 2.53. The molecule has 1 saturated heterocycles. The number of benzene rings is 1. The summed E-state index contributed by atoms with van der Waals surface area (Å²) in [6.07, 6.45) is 3.48. The predicted molar refractivity (Wildman–Crippen MR) is 83.4 cm³/mol. The van der Waals surface area contributed by atoms with Gasteiger partial charge in [-0.15, -0.1) is 0 Å². The minimum Gasteiger partial charge on any atom is -0.307 e. The number of urea groups is 1. The van der Waals surface area contributed by atoms with Gasteiger partial charge in [0, 0.05) is 5.69 Å². The number of carbonyl (C=O) groups is 2. The first-order valence-corrected chi connectivity index (χ1v) is 7.45. The van der Waals surface area contributed by atoms with Crippen LogP contribution >= 0.6 is 0 Å². The minimum atomic E-state index is -0.467. The zero-order valence-corrected chi connectivity index (χ0v) is 12.7. The lowest BCUT2D eigenvalue weighted by atomic mass is 10.1. The molecule has 2 N–H and O–H groups in total. The molecule has 1 aromatic rings. The molecule has 1 aromatic carbocycles. The van der Waals surface area contributed by atoms with E-state index in [0.29, 0.717) is 6.54 Å². The van der Waals surface area contributed by atoms with Gasteiger partial charge in [0.05, 0.1) is 6.54 Å². The number of likely N-dealkylation sites (tertiary alicyclic amines) is 1. The number of nitrogens with zero attached hydrogens (tertiary/aromatic N) is 1. The van der Waals surface area contributed by atoms with E-state index in [0.717, 1.165) is 42.7 Å². The molecule has 1 aliphatic heterocycles. The van der Waals surface area contributed by atoms with Crippen LogP contribution in [0.25, 0.3) is 0 Å². The quantitative estimate of drug-likeness (QED) is 0.898. The van der Waals surface area contributed by atoms with Crippen molar-refractivity contribution >= 4 is 17.6 Å². The van der Waals surface area contributed by atoms with Gasteiger partial charge in [0.1, 0.15) is 0 Å². The second-order valence-corrected chi connectivity index (χ2v) is 5.59. The van der Waals surface area contributed by atoms with E-state index < -0.39 is 6.03 Å². The fraction of sp³-hybridized carbons (Fsp3) is 0.500. The molecule has 0 saturated carbocycles. The molecule has 0 bridgehead atoms. The number of piperidine rings is 1. The third-order valence-electron chi connectivity index (χ3n) is 3.92. The van der Waals surface area contributed by atoms with E-state index in [-0.39, 0.29) is 5.91 Å². The first-order chi connectivity index (χ1) is 10.1. The van der Waals surface area contributed by atoms with E-state index in [1.807, 2.05) is 32.0 Å². The van der Waals surface area contributed by atoms with Gasteiger partial charge in [-0.1, -0.05) is 18.6 Å². The van der Waals surface area contributed by atoms with Gasteiger partial charge in [0.15, 0.2) is 0 Å².